The minimum atomic E-state index is 0.456. The molecule has 0 fully saturated rings. The van der Waals surface area contributed by atoms with Gasteiger partial charge in [-0.15, -0.1) is 0 Å². The fourth-order valence-corrected chi connectivity index (χ4v) is 2.81. The van der Waals surface area contributed by atoms with Gasteiger partial charge >= 0.3 is 0 Å². The molecular formula is C16H26ClN. The molecule has 1 N–H and O–H groups in total. The number of nitrogens with one attached hydrogen (secondary N) is 1. The molecule has 1 aromatic rings. The van der Waals surface area contributed by atoms with Crippen molar-refractivity contribution in [3.05, 3.63) is 34.3 Å². The van der Waals surface area contributed by atoms with E-state index in [9.17, 15) is 0 Å². The Morgan fingerprint density at radius 1 is 1.17 bits per heavy atom. The van der Waals surface area contributed by atoms with Crippen LogP contribution in [0.25, 0.3) is 0 Å². The van der Waals surface area contributed by atoms with Crippen LogP contribution < -0.4 is 5.32 Å². The fraction of sp³-hybridized carbons (Fsp3) is 0.625. The second-order valence-corrected chi connectivity index (χ2v) is 5.45. The average molecular weight is 268 g/mol. The average Bonchev–Trinajstić information content (AvgIpc) is 2.35. The number of hydrogen-bond donors (Lipinski definition) is 1. The van der Waals surface area contributed by atoms with E-state index in [0.29, 0.717) is 12.0 Å². The van der Waals surface area contributed by atoms with Crippen LogP contribution >= 0.6 is 11.6 Å². The molecule has 0 aliphatic heterocycles. The molecule has 102 valence electrons. The van der Waals surface area contributed by atoms with Crippen LogP contribution in [0.2, 0.25) is 5.02 Å². The largest absolute Gasteiger partial charge is 0.310 e. The quantitative estimate of drug-likeness (QED) is 0.723. The zero-order valence-electron chi connectivity index (χ0n) is 12.1. The standard InChI is InChI=1S/C16H26ClN/c1-5-10-18-16(13(6-2)7-3)15-9-8-14(17)11-12(15)4/h8-9,11,13,16,18H,5-7,10H2,1-4H3. The third kappa shape index (κ3) is 4.00. The Kier molecular flexibility index (Phi) is 6.73. The fourth-order valence-electron chi connectivity index (χ4n) is 2.58. The normalized spacial score (nSPS) is 13.0. The van der Waals surface area contributed by atoms with Gasteiger partial charge in [-0.1, -0.05) is 51.3 Å². The maximum absolute atomic E-state index is 6.05. The maximum atomic E-state index is 6.05. The molecule has 0 radical (unpaired) electrons. The third-order valence-electron chi connectivity index (χ3n) is 3.70. The predicted molar refractivity (Wildman–Crippen MR) is 81.3 cm³/mol. The van der Waals surface area contributed by atoms with Gasteiger partial charge in [0.1, 0.15) is 0 Å². The first-order chi connectivity index (χ1) is 8.63. The Morgan fingerprint density at radius 2 is 1.83 bits per heavy atom. The van der Waals surface area contributed by atoms with E-state index in [1.54, 1.807) is 0 Å². The highest BCUT2D eigenvalue weighted by molar-refractivity contribution is 6.30. The van der Waals surface area contributed by atoms with Crippen molar-refractivity contribution in [2.75, 3.05) is 6.54 Å². The van der Waals surface area contributed by atoms with E-state index < -0.39 is 0 Å². The van der Waals surface area contributed by atoms with Gasteiger partial charge in [0.25, 0.3) is 0 Å². The van der Waals surface area contributed by atoms with Crippen molar-refractivity contribution in [2.45, 2.75) is 53.0 Å². The van der Waals surface area contributed by atoms with Crippen molar-refractivity contribution in [3.63, 3.8) is 0 Å². The van der Waals surface area contributed by atoms with Gasteiger partial charge in [0.05, 0.1) is 0 Å². The van der Waals surface area contributed by atoms with Crippen molar-refractivity contribution in [1.82, 2.24) is 5.32 Å². The summed E-state index contributed by atoms with van der Waals surface area (Å²) in [7, 11) is 0. The van der Waals surface area contributed by atoms with E-state index >= 15 is 0 Å². The predicted octanol–water partition coefficient (Wildman–Crippen LogP) is 5.13. The summed E-state index contributed by atoms with van der Waals surface area (Å²) < 4.78 is 0. The first-order valence-electron chi connectivity index (χ1n) is 7.13. The minimum absolute atomic E-state index is 0.456. The summed E-state index contributed by atoms with van der Waals surface area (Å²) in [5.74, 6) is 0.691. The molecule has 18 heavy (non-hydrogen) atoms. The Balaban J connectivity index is 3.00. The highest BCUT2D eigenvalue weighted by atomic mass is 35.5. The number of aryl methyl sites for hydroxylation is 1. The molecule has 0 saturated carbocycles. The van der Waals surface area contributed by atoms with Crippen LogP contribution in [0, 0.1) is 12.8 Å². The molecule has 1 unspecified atom stereocenters. The van der Waals surface area contributed by atoms with Gasteiger partial charge in [-0.05, 0) is 49.1 Å². The molecule has 1 rings (SSSR count). The summed E-state index contributed by atoms with van der Waals surface area (Å²) in [5, 5.41) is 4.53. The van der Waals surface area contributed by atoms with Crippen molar-refractivity contribution < 1.29 is 0 Å². The molecule has 0 saturated heterocycles. The molecule has 0 bridgehead atoms. The van der Waals surface area contributed by atoms with Crippen LogP contribution in [0.1, 0.15) is 57.2 Å². The van der Waals surface area contributed by atoms with E-state index in [0.717, 1.165) is 11.6 Å². The zero-order valence-corrected chi connectivity index (χ0v) is 12.8. The van der Waals surface area contributed by atoms with Gasteiger partial charge in [0.15, 0.2) is 0 Å². The molecule has 2 heteroatoms. The molecule has 0 amide bonds. The van der Waals surface area contributed by atoms with Gasteiger partial charge in [0, 0.05) is 11.1 Å². The molecule has 1 nitrogen and oxygen atoms in total. The summed E-state index contributed by atoms with van der Waals surface area (Å²) in [6.07, 6.45) is 3.59. The molecule has 0 spiro atoms. The molecule has 1 atom stereocenters. The second kappa shape index (κ2) is 7.81. The number of halogens is 1. The van der Waals surface area contributed by atoms with E-state index in [2.05, 4.69) is 45.1 Å². The molecular weight excluding hydrogens is 242 g/mol. The van der Waals surface area contributed by atoms with Crippen LogP contribution in [0.3, 0.4) is 0 Å². The second-order valence-electron chi connectivity index (χ2n) is 5.01. The maximum Gasteiger partial charge on any atom is 0.0408 e. The van der Waals surface area contributed by atoms with Gasteiger partial charge in [-0.25, -0.2) is 0 Å². The lowest BCUT2D eigenvalue weighted by Crippen LogP contribution is -2.29. The molecule has 0 heterocycles. The highest BCUT2D eigenvalue weighted by Gasteiger charge is 2.21. The summed E-state index contributed by atoms with van der Waals surface area (Å²) in [6.45, 7) is 10.00. The minimum Gasteiger partial charge on any atom is -0.310 e. The van der Waals surface area contributed by atoms with E-state index in [1.807, 2.05) is 6.07 Å². The van der Waals surface area contributed by atoms with E-state index in [4.69, 9.17) is 11.6 Å². The topological polar surface area (TPSA) is 12.0 Å². The first-order valence-corrected chi connectivity index (χ1v) is 7.51. The Bertz CT molecular complexity index is 358. The Labute approximate surface area is 117 Å². The lowest BCUT2D eigenvalue weighted by Gasteiger charge is -2.28. The lowest BCUT2D eigenvalue weighted by molar-refractivity contribution is 0.340. The van der Waals surface area contributed by atoms with Crippen molar-refractivity contribution in [2.24, 2.45) is 5.92 Å². The number of rotatable bonds is 7. The van der Waals surface area contributed by atoms with E-state index in [1.165, 1.54) is 30.4 Å². The van der Waals surface area contributed by atoms with Crippen molar-refractivity contribution in [3.8, 4) is 0 Å². The Morgan fingerprint density at radius 3 is 2.33 bits per heavy atom. The summed E-state index contributed by atoms with van der Waals surface area (Å²) >= 11 is 6.05. The van der Waals surface area contributed by atoms with Gasteiger partial charge in [0.2, 0.25) is 0 Å². The van der Waals surface area contributed by atoms with Gasteiger partial charge in [-0.3, -0.25) is 0 Å². The number of hydrogen-bond acceptors (Lipinski definition) is 1. The third-order valence-corrected chi connectivity index (χ3v) is 3.94. The monoisotopic (exact) mass is 267 g/mol. The first kappa shape index (κ1) is 15.5. The van der Waals surface area contributed by atoms with Gasteiger partial charge in [-0.2, -0.15) is 0 Å². The zero-order chi connectivity index (χ0) is 13.5. The van der Waals surface area contributed by atoms with Crippen molar-refractivity contribution >= 4 is 11.6 Å². The molecule has 0 aliphatic rings. The molecule has 1 aromatic carbocycles. The van der Waals surface area contributed by atoms with Crippen LogP contribution in [0.5, 0.6) is 0 Å². The number of benzene rings is 1. The van der Waals surface area contributed by atoms with E-state index in [-0.39, 0.29) is 0 Å². The molecule has 0 aliphatic carbocycles. The van der Waals surface area contributed by atoms with Crippen molar-refractivity contribution in [1.29, 1.82) is 0 Å². The van der Waals surface area contributed by atoms with Crippen LogP contribution in [0.4, 0.5) is 0 Å². The van der Waals surface area contributed by atoms with Gasteiger partial charge < -0.3 is 5.32 Å². The SMILES string of the molecule is CCCNC(c1ccc(Cl)cc1C)C(CC)CC. The summed E-state index contributed by atoms with van der Waals surface area (Å²) in [6, 6.07) is 6.72. The molecule has 0 aromatic heterocycles. The summed E-state index contributed by atoms with van der Waals surface area (Å²) in [4.78, 5) is 0. The van der Waals surface area contributed by atoms with Crippen LogP contribution in [0.15, 0.2) is 18.2 Å². The summed E-state index contributed by atoms with van der Waals surface area (Å²) in [5.41, 5.74) is 2.70. The van der Waals surface area contributed by atoms with Crippen LogP contribution in [-0.2, 0) is 0 Å². The Hall–Kier alpha value is -0.530. The highest BCUT2D eigenvalue weighted by Crippen LogP contribution is 2.30. The smallest absolute Gasteiger partial charge is 0.0408 e. The lowest BCUT2D eigenvalue weighted by atomic mass is 9.86. The van der Waals surface area contributed by atoms with Crippen LogP contribution in [-0.4, -0.2) is 6.54 Å².